The van der Waals surface area contributed by atoms with Gasteiger partial charge in [0.05, 0.1) is 17.3 Å². The van der Waals surface area contributed by atoms with Crippen LogP contribution in [0.15, 0.2) is 91.0 Å². The molecular formula is C33H27ClN2O6S. The van der Waals surface area contributed by atoms with Crippen LogP contribution >= 0.6 is 22.9 Å². The SMILES string of the molecule is C=CCOC(=O)c1sc(N2C(=O)C(=O)C(=C(O)c3ccc(OCc4cccc(C)c4)cc3)C2c2ccc(Cl)cc2)nc1C. The first-order chi connectivity index (χ1) is 20.7. The van der Waals surface area contributed by atoms with Gasteiger partial charge < -0.3 is 14.6 Å². The van der Waals surface area contributed by atoms with Gasteiger partial charge in [0, 0.05) is 10.6 Å². The number of rotatable bonds is 9. The zero-order valence-electron chi connectivity index (χ0n) is 23.4. The molecule has 3 aromatic carbocycles. The van der Waals surface area contributed by atoms with Crippen LogP contribution < -0.4 is 9.64 Å². The molecule has 0 aliphatic carbocycles. The number of anilines is 1. The zero-order valence-corrected chi connectivity index (χ0v) is 24.9. The van der Waals surface area contributed by atoms with E-state index in [0.717, 1.165) is 22.5 Å². The van der Waals surface area contributed by atoms with E-state index in [9.17, 15) is 19.5 Å². The second-order valence-electron chi connectivity index (χ2n) is 9.82. The molecule has 1 fully saturated rings. The molecular weight excluding hydrogens is 588 g/mol. The summed E-state index contributed by atoms with van der Waals surface area (Å²) in [4.78, 5) is 45.4. The Hall–Kier alpha value is -4.73. The third kappa shape index (κ3) is 6.23. The van der Waals surface area contributed by atoms with E-state index in [1.807, 2.05) is 31.2 Å². The first-order valence-electron chi connectivity index (χ1n) is 13.3. The minimum absolute atomic E-state index is 0.0105. The summed E-state index contributed by atoms with van der Waals surface area (Å²) in [5.41, 5.74) is 3.21. The van der Waals surface area contributed by atoms with Crippen LogP contribution in [0.2, 0.25) is 5.02 Å². The number of halogens is 1. The minimum Gasteiger partial charge on any atom is -0.507 e. The molecule has 4 aromatic rings. The molecule has 10 heteroatoms. The number of aliphatic hydroxyl groups excluding tert-OH is 1. The highest BCUT2D eigenvalue weighted by atomic mass is 35.5. The predicted octanol–water partition coefficient (Wildman–Crippen LogP) is 6.96. The number of aryl methyl sites for hydroxylation is 2. The number of ether oxygens (including phenoxy) is 2. The van der Waals surface area contributed by atoms with Crippen molar-refractivity contribution >= 4 is 51.5 Å². The number of aromatic nitrogens is 1. The highest BCUT2D eigenvalue weighted by Crippen LogP contribution is 2.44. The number of carbonyl (C=O) groups excluding carboxylic acids is 3. The summed E-state index contributed by atoms with van der Waals surface area (Å²) in [6.07, 6.45) is 1.44. The maximum atomic E-state index is 13.5. The van der Waals surface area contributed by atoms with Crippen molar-refractivity contribution in [2.24, 2.45) is 0 Å². The number of amides is 1. The predicted molar refractivity (Wildman–Crippen MR) is 166 cm³/mol. The topological polar surface area (TPSA) is 106 Å². The van der Waals surface area contributed by atoms with E-state index in [1.165, 1.54) is 11.0 Å². The van der Waals surface area contributed by atoms with Gasteiger partial charge in [-0.2, -0.15) is 0 Å². The maximum absolute atomic E-state index is 13.5. The molecule has 1 N–H and O–H groups in total. The second kappa shape index (κ2) is 12.6. The highest BCUT2D eigenvalue weighted by Gasteiger charge is 2.48. The Labute approximate surface area is 257 Å². The van der Waals surface area contributed by atoms with Gasteiger partial charge in [-0.3, -0.25) is 14.5 Å². The Bertz CT molecular complexity index is 1740. The van der Waals surface area contributed by atoms with Crippen LogP contribution in [0.25, 0.3) is 5.76 Å². The largest absolute Gasteiger partial charge is 0.507 e. The molecule has 0 spiro atoms. The number of benzene rings is 3. The van der Waals surface area contributed by atoms with Gasteiger partial charge in [-0.25, -0.2) is 9.78 Å². The third-order valence-electron chi connectivity index (χ3n) is 6.75. The number of aliphatic hydroxyl groups is 1. The van der Waals surface area contributed by atoms with Gasteiger partial charge in [-0.05, 0) is 61.4 Å². The molecule has 43 heavy (non-hydrogen) atoms. The average molecular weight is 615 g/mol. The van der Waals surface area contributed by atoms with Crippen LogP contribution in [0.4, 0.5) is 5.13 Å². The van der Waals surface area contributed by atoms with E-state index in [4.69, 9.17) is 21.1 Å². The molecule has 1 amide bonds. The van der Waals surface area contributed by atoms with Crippen molar-refractivity contribution in [3.63, 3.8) is 0 Å². The number of nitrogens with zero attached hydrogens (tertiary/aromatic N) is 2. The van der Waals surface area contributed by atoms with Crippen LogP contribution in [-0.2, 0) is 20.9 Å². The van der Waals surface area contributed by atoms with Crippen molar-refractivity contribution in [2.75, 3.05) is 11.5 Å². The lowest BCUT2D eigenvalue weighted by Gasteiger charge is -2.23. The van der Waals surface area contributed by atoms with Crippen molar-refractivity contribution in [1.82, 2.24) is 4.98 Å². The van der Waals surface area contributed by atoms with Crippen LogP contribution in [-0.4, -0.2) is 34.4 Å². The molecule has 1 atom stereocenters. The van der Waals surface area contributed by atoms with Gasteiger partial charge in [0.1, 0.15) is 29.6 Å². The minimum atomic E-state index is -1.03. The molecule has 0 radical (unpaired) electrons. The summed E-state index contributed by atoms with van der Waals surface area (Å²) in [6.45, 7) is 7.54. The average Bonchev–Trinajstić information content (AvgIpc) is 3.51. The number of hydrogen-bond donors (Lipinski definition) is 1. The highest BCUT2D eigenvalue weighted by molar-refractivity contribution is 7.17. The lowest BCUT2D eigenvalue weighted by molar-refractivity contribution is -0.132. The molecule has 218 valence electrons. The van der Waals surface area contributed by atoms with E-state index >= 15 is 0 Å². The summed E-state index contributed by atoms with van der Waals surface area (Å²) in [6, 6.07) is 20.1. The standard InChI is InChI=1S/C33H27ClN2O6S/c1-4-16-41-32(40)30-20(3)35-33(43-30)36-27(22-8-12-24(34)13-9-22)26(29(38)31(36)39)28(37)23-10-14-25(15-11-23)42-18-21-7-5-6-19(2)17-21/h4-15,17,27,37H,1,16,18H2,2-3H3. The van der Waals surface area contributed by atoms with E-state index in [1.54, 1.807) is 55.5 Å². The number of Topliss-reactive ketones (excluding diaryl/α,β-unsaturated/α-hetero) is 1. The van der Waals surface area contributed by atoms with Gasteiger partial charge in [-0.1, -0.05) is 77.6 Å². The summed E-state index contributed by atoms with van der Waals surface area (Å²) in [5.74, 6) is -2.18. The molecule has 5 rings (SSSR count). The Morgan fingerprint density at radius 2 is 1.81 bits per heavy atom. The van der Waals surface area contributed by atoms with E-state index in [-0.39, 0.29) is 27.9 Å². The fourth-order valence-corrected chi connectivity index (χ4v) is 5.81. The van der Waals surface area contributed by atoms with E-state index in [2.05, 4.69) is 11.6 Å². The molecule has 0 bridgehead atoms. The van der Waals surface area contributed by atoms with Crippen molar-refractivity contribution in [3.05, 3.63) is 129 Å². The second-order valence-corrected chi connectivity index (χ2v) is 11.2. The quantitative estimate of drug-likeness (QED) is 0.0714. The van der Waals surface area contributed by atoms with Crippen LogP contribution in [0.1, 0.15) is 43.7 Å². The Morgan fingerprint density at radius 1 is 1.09 bits per heavy atom. The Morgan fingerprint density at radius 3 is 2.49 bits per heavy atom. The molecule has 1 unspecified atom stereocenters. The zero-order chi connectivity index (χ0) is 30.7. The smallest absolute Gasteiger partial charge is 0.350 e. The monoisotopic (exact) mass is 614 g/mol. The van der Waals surface area contributed by atoms with Gasteiger partial charge >= 0.3 is 11.9 Å². The normalized spacial score (nSPS) is 15.9. The van der Waals surface area contributed by atoms with Gasteiger partial charge in [0.25, 0.3) is 5.78 Å². The molecule has 1 aliphatic rings. The van der Waals surface area contributed by atoms with Gasteiger partial charge in [-0.15, -0.1) is 0 Å². The summed E-state index contributed by atoms with van der Waals surface area (Å²) in [5, 5.41) is 12.0. The fraction of sp³-hybridized carbons (Fsp3) is 0.152. The third-order valence-corrected chi connectivity index (χ3v) is 8.14. The first-order valence-corrected chi connectivity index (χ1v) is 14.5. The van der Waals surface area contributed by atoms with Crippen molar-refractivity contribution in [3.8, 4) is 5.75 Å². The first kappa shape index (κ1) is 29.8. The lowest BCUT2D eigenvalue weighted by Crippen LogP contribution is -2.29. The van der Waals surface area contributed by atoms with Crippen molar-refractivity contribution < 1.29 is 29.0 Å². The summed E-state index contributed by atoms with van der Waals surface area (Å²) < 4.78 is 11.0. The van der Waals surface area contributed by atoms with E-state index in [0.29, 0.717) is 34.2 Å². The molecule has 1 aliphatic heterocycles. The van der Waals surface area contributed by atoms with Crippen LogP contribution in [0, 0.1) is 13.8 Å². The number of ketones is 1. The summed E-state index contributed by atoms with van der Waals surface area (Å²) >= 11 is 7.05. The van der Waals surface area contributed by atoms with Crippen LogP contribution in [0.5, 0.6) is 5.75 Å². The van der Waals surface area contributed by atoms with Gasteiger partial charge in [0.2, 0.25) is 0 Å². The van der Waals surface area contributed by atoms with E-state index < -0.39 is 23.7 Å². The molecule has 0 saturated carbocycles. The van der Waals surface area contributed by atoms with Crippen molar-refractivity contribution in [1.29, 1.82) is 0 Å². The number of esters is 1. The number of thiazole rings is 1. The summed E-state index contributed by atoms with van der Waals surface area (Å²) in [7, 11) is 0. The molecule has 8 nitrogen and oxygen atoms in total. The lowest BCUT2D eigenvalue weighted by atomic mass is 9.95. The Balaban J connectivity index is 1.51. The van der Waals surface area contributed by atoms with Gasteiger partial charge in [0.15, 0.2) is 5.13 Å². The molecule has 2 heterocycles. The van der Waals surface area contributed by atoms with Crippen molar-refractivity contribution in [2.45, 2.75) is 26.5 Å². The fourth-order valence-electron chi connectivity index (χ4n) is 4.70. The maximum Gasteiger partial charge on any atom is 0.350 e. The molecule has 1 saturated heterocycles. The molecule has 1 aromatic heterocycles. The number of hydrogen-bond acceptors (Lipinski definition) is 8. The number of carbonyl (C=O) groups is 3. The Kier molecular flexibility index (Phi) is 8.75. The van der Waals surface area contributed by atoms with Crippen LogP contribution in [0.3, 0.4) is 0 Å².